The van der Waals surface area contributed by atoms with Crippen molar-refractivity contribution in [1.29, 1.82) is 0 Å². The van der Waals surface area contributed by atoms with Crippen molar-refractivity contribution < 1.29 is 19.2 Å². The molecule has 0 fully saturated rings. The first-order valence-electron chi connectivity index (χ1n) is 10.00. The summed E-state index contributed by atoms with van der Waals surface area (Å²) in [4.78, 5) is 44.9. The fourth-order valence-corrected chi connectivity index (χ4v) is 2.57. The van der Waals surface area contributed by atoms with Crippen molar-refractivity contribution in [2.24, 2.45) is 0 Å². The van der Waals surface area contributed by atoms with Gasteiger partial charge in [0.15, 0.2) is 0 Å². The van der Waals surface area contributed by atoms with E-state index in [2.05, 4.69) is 10.6 Å². The van der Waals surface area contributed by atoms with E-state index in [1.54, 1.807) is 0 Å². The lowest BCUT2D eigenvalue weighted by molar-refractivity contribution is -0.127. The summed E-state index contributed by atoms with van der Waals surface area (Å²) >= 11 is 0. The molecular weight excluding hydrogens is 332 g/mol. The molecule has 0 unspecified atom stereocenters. The highest BCUT2D eigenvalue weighted by molar-refractivity contribution is 5.96. The van der Waals surface area contributed by atoms with Crippen LogP contribution in [0.25, 0.3) is 0 Å². The third-order valence-corrected chi connectivity index (χ3v) is 4.16. The number of rotatable bonds is 17. The van der Waals surface area contributed by atoms with E-state index in [-0.39, 0.29) is 24.0 Å². The van der Waals surface area contributed by atoms with Crippen LogP contribution in [-0.2, 0) is 19.2 Å². The SMILES string of the molecule is CCC(=O)CCCCCCCCC(=O)NCCCCNC(=O)CC(C)=O. The number of hydrogen-bond acceptors (Lipinski definition) is 4. The van der Waals surface area contributed by atoms with Crippen molar-refractivity contribution in [1.82, 2.24) is 10.6 Å². The average Bonchev–Trinajstić information content (AvgIpc) is 2.59. The Bertz CT molecular complexity index is 436. The van der Waals surface area contributed by atoms with Gasteiger partial charge in [-0.1, -0.05) is 32.6 Å². The molecule has 0 aromatic heterocycles. The summed E-state index contributed by atoms with van der Waals surface area (Å²) in [7, 11) is 0. The molecule has 0 aromatic rings. The van der Waals surface area contributed by atoms with E-state index >= 15 is 0 Å². The number of unbranched alkanes of at least 4 members (excludes halogenated alkanes) is 6. The number of carbonyl (C=O) groups excluding carboxylic acids is 4. The van der Waals surface area contributed by atoms with Gasteiger partial charge in [-0.25, -0.2) is 0 Å². The van der Waals surface area contributed by atoms with Gasteiger partial charge in [-0.3, -0.25) is 19.2 Å². The molecule has 0 spiro atoms. The van der Waals surface area contributed by atoms with Gasteiger partial charge in [-0.15, -0.1) is 0 Å². The maximum Gasteiger partial charge on any atom is 0.227 e. The van der Waals surface area contributed by atoms with E-state index in [4.69, 9.17) is 0 Å². The van der Waals surface area contributed by atoms with E-state index in [0.29, 0.717) is 38.1 Å². The van der Waals surface area contributed by atoms with Crippen LogP contribution < -0.4 is 10.6 Å². The summed E-state index contributed by atoms with van der Waals surface area (Å²) < 4.78 is 0. The highest BCUT2D eigenvalue weighted by atomic mass is 16.2. The Morgan fingerprint density at radius 2 is 1.15 bits per heavy atom. The monoisotopic (exact) mass is 368 g/mol. The predicted octanol–water partition coefficient (Wildman–Crippen LogP) is 3.08. The lowest BCUT2D eigenvalue weighted by atomic mass is 10.1. The van der Waals surface area contributed by atoms with Crippen molar-refractivity contribution >= 4 is 23.4 Å². The second kappa shape index (κ2) is 16.7. The van der Waals surface area contributed by atoms with Crippen LogP contribution in [0.15, 0.2) is 0 Å². The molecule has 0 heterocycles. The van der Waals surface area contributed by atoms with Crippen molar-refractivity contribution in [2.45, 2.75) is 90.9 Å². The Kier molecular flexibility index (Phi) is 15.6. The Hall–Kier alpha value is -1.72. The van der Waals surface area contributed by atoms with Crippen LogP contribution in [0.4, 0.5) is 0 Å². The van der Waals surface area contributed by atoms with Gasteiger partial charge in [-0.2, -0.15) is 0 Å². The molecule has 0 rings (SSSR count). The van der Waals surface area contributed by atoms with Gasteiger partial charge < -0.3 is 10.6 Å². The predicted molar refractivity (Wildman–Crippen MR) is 103 cm³/mol. The summed E-state index contributed by atoms with van der Waals surface area (Å²) in [5.41, 5.74) is 0. The molecule has 2 N–H and O–H groups in total. The largest absolute Gasteiger partial charge is 0.356 e. The Labute approximate surface area is 157 Å². The molecule has 0 bridgehead atoms. The zero-order valence-corrected chi connectivity index (χ0v) is 16.5. The van der Waals surface area contributed by atoms with Gasteiger partial charge in [0.05, 0.1) is 6.42 Å². The Balaban J connectivity index is 3.33. The van der Waals surface area contributed by atoms with Crippen LogP contribution in [0.3, 0.4) is 0 Å². The van der Waals surface area contributed by atoms with E-state index < -0.39 is 0 Å². The third kappa shape index (κ3) is 17.1. The van der Waals surface area contributed by atoms with Crippen LogP contribution in [0.2, 0.25) is 0 Å². The maximum absolute atomic E-state index is 11.7. The van der Waals surface area contributed by atoms with Crippen LogP contribution >= 0.6 is 0 Å². The summed E-state index contributed by atoms with van der Waals surface area (Å²) in [5.74, 6) is 0.0547. The molecule has 0 saturated carbocycles. The highest BCUT2D eigenvalue weighted by Crippen LogP contribution is 2.09. The summed E-state index contributed by atoms with van der Waals surface area (Å²) in [5, 5.41) is 5.57. The summed E-state index contributed by atoms with van der Waals surface area (Å²) in [6.07, 6.45) is 9.73. The molecule has 0 aliphatic heterocycles. The van der Waals surface area contributed by atoms with Crippen molar-refractivity contribution in [2.75, 3.05) is 13.1 Å². The molecule has 2 amide bonds. The average molecular weight is 369 g/mol. The zero-order valence-electron chi connectivity index (χ0n) is 16.5. The number of hydrogen-bond donors (Lipinski definition) is 2. The van der Waals surface area contributed by atoms with E-state index in [1.165, 1.54) is 6.92 Å². The number of Topliss-reactive ketones (excluding diaryl/α,β-unsaturated/α-hetero) is 2. The molecule has 0 aliphatic rings. The molecule has 0 aliphatic carbocycles. The number of amides is 2. The molecule has 150 valence electrons. The molecule has 0 radical (unpaired) electrons. The van der Waals surface area contributed by atoms with E-state index in [9.17, 15) is 19.2 Å². The first-order chi connectivity index (χ1) is 12.5. The smallest absolute Gasteiger partial charge is 0.227 e. The fraction of sp³-hybridized carbons (Fsp3) is 0.800. The first kappa shape index (κ1) is 24.3. The minimum atomic E-state index is -0.238. The third-order valence-electron chi connectivity index (χ3n) is 4.16. The number of carbonyl (C=O) groups is 4. The van der Waals surface area contributed by atoms with Gasteiger partial charge in [0.2, 0.25) is 11.8 Å². The molecule has 0 aromatic carbocycles. The second-order valence-electron chi connectivity index (χ2n) is 6.80. The highest BCUT2D eigenvalue weighted by Gasteiger charge is 2.04. The van der Waals surface area contributed by atoms with Crippen molar-refractivity contribution in [3.05, 3.63) is 0 Å². The molecule has 0 atom stereocenters. The van der Waals surface area contributed by atoms with Crippen LogP contribution in [0.5, 0.6) is 0 Å². The van der Waals surface area contributed by atoms with Crippen LogP contribution in [-0.4, -0.2) is 36.5 Å². The van der Waals surface area contributed by atoms with Crippen molar-refractivity contribution in [3.8, 4) is 0 Å². The lowest BCUT2D eigenvalue weighted by Gasteiger charge is -2.06. The second-order valence-corrected chi connectivity index (χ2v) is 6.80. The van der Waals surface area contributed by atoms with Gasteiger partial charge in [0.25, 0.3) is 0 Å². The lowest BCUT2D eigenvalue weighted by Crippen LogP contribution is -2.28. The topological polar surface area (TPSA) is 92.3 Å². The quantitative estimate of drug-likeness (QED) is 0.305. The summed E-state index contributed by atoms with van der Waals surface area (Å²) in [6.45, 7) is 4.45. The van der Waals surface area contributed by atoms with E-state index in [1.807, 2.05) is 6.92 Å². The summed E-state index contributed by atoms with van der Waals surface area (Å²) in [6, 6.07) is 0. The van der Waals surface area contributed by atoms with Crippen molar-refractivity contribution in [3.63, 3.8) is 0 Å². The standard InChI is InChI=1S/C20H36N2O4/c1-3-18(24)12-8-6-4-5-7-9-13-19(25)21-14-10-11-15-22-20(26)16-17(2)23/h3-16H2,1-2H3,(H,21,25)(H,22,26). The Morgan fingerprint density at radius 1 is 0.654 bits per heavy atom. The van der Waals surface area contributed by atoms with Crippen LogP contribution in [0.1, 0.15) is 90.9 Å². The van der Waals surface area contributed by atoms with Gasteiger partial charge >= 0.3 is 0 Å². The van der Waals surface area contributed by atoms with Crippen LogP contribution in [0, 0.1) is 0 Å². The van der Waals surface area contributed by atoms with Gasteiger partial charge in [0, 0.05) is 32.4 Å². The zero-order chi connectivity index (χ0) is 19.6. The normalized spacial score (nSPS) is 10.4. The van der Waals surface area contributed by atoms with E-state index in [0.717, 1.165) is 51.4 Å². The molecule has 6 nitrogen and oxygen atoms in total. The molecule has 0 saturated heterocycles. The maximum atomic E-state index is 11.7. The Morgan fingerprint density at radius 3 is 1.69 bits per heavy atom. The molecular formula is C20H36N2O4. The first-order valence-corrected chi connectivity index (χ1v) is 10.00. The number of ketones is 2. The molecule has 6 heteroatoms. The minimum absolute atomic E-state index is 0.0619. The number of nitrogens with one attached hydrogen (secondary N) is 2. The van der Waals surface area contributed by atoms with Gasteiger partial charge in [-0.05, 0) is 32.6 Å². The molecule has 26 heavy (non-hydrogen) atoms. The van der Waals surface area contributed by atoms with Gasteiger partial charge in [0.1, 0.15) is 11.6 Å². The fourth-order valence-electron chi connectivity index (χ4n) is 2.57. The minimum Gasteiger partial charge on any atom is -0.356 e.